The van der Waals surface area contributed by atoms with Gasteiger partial charge in [-0.25, -0.2) is 14.8 Å². The Kier molecular flexibility index (Phi) is 3.25. The van der Waals surface area contributed by atoms with Gasteiger partial charge in [0.15, 0.2) is 0 Å². The number of morpholine rings is 1. The molecule has 0 aromatic carbocycles. The number of carboxylic acid groups (broad SMARTS) is 1. The van der Waals surface area contributed by atoms with Crippen LogP contribution < -0.4 is 4.90 Å². The molecule has 0 atom stereocenters. The molecule has 0 spiro atoms. The molecule has 1 aromatic rings. The molecule has 1 aliphatic heterocycles. The van der Waals surface area contributed by atoms with E-state index in [9.17, 15) is 4.79 Å². The molecular weight excluding hydrogens is 230 g/mol. The molecule has 7 heteroatoms. The molecule has 1 aliphatic rings. The number of carboxylic acids is 1. The van der Waals surface area contributed by atoms with Crippen LogP contribution >= 0.6 is 12.6 Å². The lowest BCUT2D eigenvalue weighted by Crippen LogP contribution is -2.37. The maximum Gasteiger partial charge on any atom is 0.340 e. The van der Waals surface area contributed by atoms with Gasteiger partial charge in [-0.3, -0.25) is 0 Å². The summed E-state index contributed by atoms with van der Waals surface area (Å²) in [4.78, 5) is 20.8. The van der Waals surface area contributed by atoms with Crippen LogP contribution in [0.4, 0.5) is 5.95 Å². The van der Waals surface area contributed by atoms with Gasteiger partial charge >= 0.3 is 5.97 Å². The number of nitrogens with zero attached hydrogens (tertiary/aromatic N) is 3. The quantitative estimate of drug-likeness (QED) is 0.573. The molecule has 86 valence electrons. The molecule has 2 heterocycles. The molecule has 6 nitrogen and oxygen atoms in total. The maximum absolute atomic E-state index is 10.7. The molecule has 1 saturated heterocycles. The highest BCUT2D eigenvalue weighted by atomic mass is 32.1. The number of ether oxygens (including phenoxy) is 1. The van der Waals surface area contributed by atoms with Crippen LogP contribution in [0.1, 0.15) is 10.4 Å². The lowest BCUT2D eigenvalue weighted by molar-refractivity contribution is 0.0691. The van der Waals surface area contributed by atoms with Crippen molar-refractivity contribution in [3.63, 3.8) is 0 Å². The first kappa shape index (κ1) is 11.2. The highest BCUT2D eigenvalue weighted by molar-refractivity contribution is 7.80. The van der Waals surface area contributed by atoms with Gasteiger partial charge in [0, 0.05) is 19.3 Å². The average molecular weight is 241 g/mol. The van der Waals surface area contributed by atoms with Gasteiger partial charge in [-0.1, -0.05) is 0 Å². The molecule has 1 aromatic heterocycles. The molecule has 0 radical (unpaired) electrons. The zero-order valence-electron chi connectivity index (χ0n) is 8.46. The summed E-state index contributed by atoms with van der Waals surface area (Å²) in [5.74, 6) is -0.572. The van der Waals surface area contributed by atoms with E-state index in [-0.39, 0.29) is 10.6 Å². The van der Waals surface area contributed by atoms with Gasteiger partial charge in [-0.05, 0) is 0 Å². The van der Waals surface area contributed by atoms with Crippen LogP contribution in [0.2, 0.25) is 0 Å². The van der Waals surface area contributed by atoms with Crippen LogP contribution in [0.3, 0.4) is 0 Å². The van der Waals surface area contributed by atoms with Gasteiger partial charge in [-0.15, -0.1) is 12.6 Å². The highest BCUT2D eigenvalue weighted by Crippen LogP contribution is 2.15. The molecule has 0 amide bonds. The van der Waals surface area contributed by atoms with E-state index in [1.807, 2.05) is 4.90 Å². The van der Waals surface area contributed by atoms with Crippen molar-refractivity contribution in [1.29, 1.82) is 0 Å². The van der Waals surface area contributed by atoms with E-state index in [1.54, 1.807) is 0 Å². The van der Waals surface area contributed by atoms with Crippen LogP contribution in [0.25, 0.3) is 0 Å². The average Bonchev–Trinajstić information content (AvgIpc) is 2.29. The van der Waals surface area contributed by atoms with E-state index in [4.69, 9.17) is 9.84 Å². The Bertz CT molecular complexity index is 407. The second kappa shape index (κ2) is 4.67. The second-order valence-corrected chi connectivity index (χ2v) is 3.74. The van der Waals surface area contributed by atoms with Gasteiger partial charge in [0.2, 0.25) is 5.95 Å². The predicted molar refractivity (Wildman–Crippen MR) is 59.3 cm³/mol. The minimum Gasteiger partial charge on any atom is -0.478 e. The molecule has 1 N–H and O–H groups in total. The first-order valence-electron chi connectivity index (χ1n) is 4.80. The van der Waals surface area contributed by atoms with Crippen molar-refractivity contribution in [3.05, 3.63) is 11.8 Å². The molecule has 2 rings (SSSR count). The topological polar surface area (TPSA) is 75.5 Å². The summed E-state index contributed by atoms with van der Waals surface area (Å²) < 4.78 is 5.20. The summed E-state index contributed by atoms with van der Waals surface area (Å²) in [5, 5.41) is 8.99. The fourth-order valence-electron chi connectivity index (χ4n) is 1.43. The van der Waals surface area contributed by atoms with Gasteiger partial charge in [0.05, 0.1) is 13.2 Å². The van der Waals surface area contributed by atoms with E-state index < -0.39 is 5.97 Å². The number of thiol groups is 1. The minimum absolute atomic E-state index is 0.0142. The second-order valence-electron chi connectivity index (χ2n) is 3.31. The lowest BCUT2D eigenvalue weighted by atomic mass is 10.3. The van der Waals surface area contributed by atoms with Crippen molar-refractivity contribution >= 4 is 24.5 Å². The number of hydrogen-bond acceptors (Lipinski definition) is 6. The van der Waals surface area contributed by atoms with Crippen molar-refractivity contribution in [3.8, 4) is 0 Å². The highest BCUT2D eigenvalue weighted by Gasteiger charge is 2.16. The molecule has 0 unspecified atom stereocenters. The Morgan fingerprint density at radius 1 is 1.50 bits per heavy atom. The van der Waals surface area contributed by atoms with E-state index in [2.05, 4.69) is 22.6 Å². The SMILES string of the molecule is O=C(O)c1cnc(N2CCOCC2)nc1S. The monoisotopic (exact) mass is 241 g/mol. The standard InChI is InChI=1S/C9H11N3O3S/c13-8(14)6-5-10-9(11-7(6)16)12-1-3-15-4-2-12/h5H,1-4H2,(H,13,14)(H,10,11,16). The zero-order valence-corrected chi connectivity index (χ0v) is 9.35. The van der Waals surface area contributed by atoms with Crippen molar-refractivity contribution in [2.45, 2.75) is 5.03 Å². The fourth-order valence-corrected chi connectivity index (χ4v) is 1.67. The summed E-state index contributed by atoms with van der Waals surface area (Å²) in [6, 6.07) is 0. The largest absolute Gasteiger partial charge is 0.478 e. The van der Waals surface area contributed by atoms with E-state index in [1.165, 1.54) is 6.20 Å². The van der Waals surface area contributed by atoms with E-state index >= 15 is 0 Å². The zero-order chi connectivity index (χ0) is 11.5. The van der Waals surface area contributed by atoms with Crippen LogP contribution in [0.5, 0.6) is 0 Å². The van der Waals surface area contributed by atoms with E-state index in [0.29, 0.717) is 32.3 Å². The Labute approximate surface area is 97.7 Å². The van der Waals surface area contributed by atoms with Crippen molar-refractivity contribution in [1.82, 2.24) is 9.97 Å². The van der Waals surface area contributed by atoms with Gasteiger partial charge in [0.25, 0.3) is 0 Å². The van der Waals surface area contributed by atoms with Gasteiger partial charge < -0.3 is 14.7 Å². The summed E-state index contributed by atoms with van der Waals surface area (Å²) in [6.45, 7) is 2.68. The first-order valence-corrected chi connectivity index (χ1v) is 5.25. The third-order valence-corrected chi connectivity index (χ3v) is 2.62. The van der Waals surface area contributed by atoms with Crippen molar-refractivity contribution in [2.24, 2.45) is 0 Å². The normalized spacial score (nSPS) is 16.2. The Morgan fingerprint density at radius 3 is 2.75 bits per heavy atom. The number of aromatic carboxylic acids is 1. The van der Waals surface area contributed by atoms with Crippen LogP contribution in [0, 0.1) is 0 Å². The third kappa shape index (κ3) is 2.25. The van der Waals surface area contributed by atoms with Crippen LogP contribution in [0.15, 0.2) is 11.2 Å². The number of rotatable bonds is 2. The minimum atomic E-state index is -1.07. The molecule has 0 bridgehead atoms. The Morgan fingerprint density at radius 2 is 2.19 bits per heavy atom. The van der Waals surface area contributed by atoms with E-state index in [0.717, 1.165) is 0 Å². The van der Waals surface area contributed by atoms with Gasteiger partial charge in [-0.2, -0.15) is 0 Å². The predicted octanol–water partition coefficient (Wildman–Crippen LogP) is 0.300. The third-order valence-electron chi connectivity index (χ3n) is 2.28. The fraction of sp³-hybridized carbons (Fsp3) is 0.444. The summed E-state index contributed by atoms with van der Waals surface area (Å²) in [6.07, 6.45) is 1.28. The molecule has 16 heavy (non-hydrogen) atoms. The smallest absolute Gasteiger partial charge is 0.340 e. The van der Waals surface area contributed by atoms with Crippen LogP contribution in [-0.2, 0) is 4.74 Å². The Hall–Kier alpha value is -1.34. The van der Waals surface area contributed by atoms with Gasteiger partial charge in [0.1, 0.15) is 10.6 Å². The number of anilines is 1. The molecule has 0 saturated carbocycles. The number of carbonyl (C=O) groups is 1. The molecular formula is C9H11N3O3S. The summed E-state index contributed by atoms with van der Waals surface area (Å²) in [5.41, 5.74) is 0.0142. The van der Waals surface area contributed by atoms with Crippen molar-refractivity contribution < 1.29 is 14.6 Å². The van der Waals surface area contributed by atoms with Crippen LogP contribution in [-0.4, -0.2) is 47.3 Å². The number of hydrogen-bond donors (Lipinski definition) is 2. The maximum atomic E-state index is 10.7. The number of aromatic nitrogens is 2. The summed E-state index contributed by atoms with van der Waals surface area (Å²) in [7, 11) is 0. The van der Waals surface area contributed by atoms with Crippen molar-refractivity contribution in [2.75, 3.05) is 31.2 Å². The first-order chi connectivity index (χ1) is 7.68. The molecule has 0 aliphatic carbocycles. The summed E-state index contributed by atoms with van der Waals surface area (Å²) >= 11 is 4.04. The lowest BCUT2D eigenvalue weighted by Gasteiger charge is -2.26. The Balaban J connectivity index is 2.23. The molecule has 1 fully saturated rings.